The van der Waals surface area contributed by atoms with Crippen LogP contribution in [-0.2, 0) is 44.8 Å². The lowest BCUT2D eigenvalue weighted by molar-refractivity contribution is -0.385. The summed E-state index contributed by atoms with van der Waals surface area (Å²) in [5.41, 5.74) is -0.820. The van der Waals surface area contributed by atoms with Crippen molar-refractivity contribution >= 4 is 36.3 Å². The van der Waals surface area contributed by atoms with Crippen molar-refractivity contribution in [2.24, 2.45) is 0 Å². The van der Waals surface area contributed by atoms with E-state index in [0.29, 0.717) is 0 Å². The SMILES string of the molecule is O=[N+]([O-])c1ccccc1CS(=O)(=O)CC(OS(=O)(=O)O)OS(=O)(=O)O. The van der Waals surface area contributed by atoms with Gasteiger partial charge in [-0.1, -0.05) is 18.2 Å². The van der Waals surface area contributed by atoms with E-state index in [0.717, 1.165) is 12.1 Å². The van der Waals surface area contributed by atoms with Gasteiger partial charge in [0.25, 0.3) is 5.69 Å². The van der Waals surface area contributed by atoms with Crippen molar-refractivity contribution in [1.82, 2.24) is 0 Å². The Bertz CT molecular complexity index is 915. The largest absolute Gasteiger partial charge is 0.399 e. The predicted octanol–water partition coefficient (Wildman–Crippen LogP) is -0.525. The van der Waals surface area contributed by atoms with Crippen LogP contribution in [0.2, 0.25) is 0 Å². The molecule has 0 saturated carbocycles. The zero-order valence-corrected chi connectivity index (χ0v) is 14.4. The number of sulfone groups is 1. The molecule has 0 saturated heterocycles. The first-order valence-electron chi connectivity index (χ1n) is 5.93. The molecule has 0 aromatic heterocycles. The predicted molar refractivity (Wildman–Crippen MR) is 79.6 cm³/mol. The number of nitro benzene ring substituents is 1. The lowest BCUT2D eigenvalue weighted by Gasteiger charge is -2.14. The van der Waals surface area contributed by atoms with Gasteiger partial charge in [-0.25, -0.2) is 16.8 Å². The topological polar surface area (TPSA) is 204 Å². The number of nitrogens with zero attached hydrogens (tertiary/aromatic N) is 1. The summed E-state index contributed by atoms with van der Waals surface area (Å²) >= 11 is 0. The standard InChI is InChI=1S/C9H11NO12S3/c11-10(12)8-4-2-1-3-7(8)5-23(13,14)6-9(21-24(15,16)17)22-25(18,19)20/h1-4,9H,5-6H2,(H,15,16,17)(H,18,19,20). The second-order valence-corrected chi connectivity index (χ2v) is 8.62. The number of nitro groups is 1. The number of rotatable bonds is 9. The first kappa shape index (κ1) is 21.4. The highest BCUT2D eigenvalue weighted by Crippen LogP contribution is 2.21. The summed E-state index contributed by atoms with van der Waals surface area (Å²) in [4.78, 5) is 9.99. The van der Waals surface area contributed by atoms with Crippen molar-refractivity contribution in [1.29, 1.82) is 0 Å². The Morgan fingerprint density at radius 1 is 1.00 bits per heavy atom. The summed E-state index contributed by atoms with van der Waals surface area (Å²) in [6.07, 6.45) is -2.64. The Morgan fingerprint density at radius 2 is 1.48 bits per heavy atom. The minimum atomic E-state index is -5.34. The van der Waals surface area contributed by atoms with Gasteiger partial charge in [0.05, 0.1) is 10.7 Å². The third-order valence-corrected chi connectivity index (χ3v) is 4.86. The molecule has 1 aromatic carbocycles. The van der Waals surface area contributed by atoms with Crippen LogP contribution in [0.5, 0.6) is 0 Å². The molecule has 16 heteroatoms. The monoisotopic (exact) mass is 421 g/mol. The Kier molecular flexibility index (Phi) is 6.56. The van der Waals surface area contributed by atoms with E-state index in [4.69, 9.17) is 9.11 Å². The number of benzene rings is 1. The zero-order valence-electron chi connectivity index (χ0n) is 11.9. The molecule has 25 heavy (non-hydrogen) atoms. The molecule has 0 amide bonds. The Hall–Kier alpha value is -1.69. The molecule has 13 nitrogen and oxygen atoms in total. The first-order valence-corrected chi connectivity index (χ1v) is 10.5. The van der Waals surface area contributed by atoms with Crippen LogP contribution in [0.3, 0.4) is 0 Å². The van der Waals surface area contributed by atoms with Gasteiger partial charge in [-0.2, -0.15) is 16.8 Å². The molecular weight excluding hydrogens is 410 g/mol. The normalized spacial score (nSPS) is 13.1. The summed E-state index contributed by atoms with van der Waals surface area (Å²) in [6.45, 7) is 0. The van der Waals surface area contributed by atoms with Crippen molar-refractivity contribution in [2.75, 3.05) is 5.75 Å². The zero-order chi connectivity index (χ0) is 19.5. The lowest BCUT2D eigenvalue weighted by atomic mass is 10.2. The third kappa shape index (κ3) is 8.29. The fraction of sp³-hybridized carbons (Fsp3) is 0.333. The lowest BCUT2D eigenvalue weighted by Crippen LogP contribution is -2.32. The molecule has 0 heterocycles. The van der Waals surface area contributed by atoms with Crippen LogP contribution in [0.4, 0.5) is 5.69 Å². The van der Waals surface area contributed by atoms with Gasteiger partial charge < -0.3 is 0 Å². The minimum absolute atomic E-state index is 0.273. The minimum Gasteiger partial charge on any atom is -0.263 e. The summed E-state index contributed by atoms with van der Waals surface area (Å²) < 4.78 is 90.9. The van der Waals surface area contributed by atoms with Crippen LogP contribution in [0.25, 0.3) is 0 Å². The summed E-state index contributed by atoms with van der Waals surface area (Å²) in [5, 5.41) is 10.8. The second kappa shape index (κ2) is 7.68. The summed E-state index contributed by atoms with van der Waals surface area (Å²) in [6, 6.07) is 4.71. The first-order chi connectivity index (χ1) is 11.2. The van der Waals surface area contributed by atoms with Gasteiger partial charge in [-0.3, -0.25) is 19.2 Å². The maximum absolute atomic E-state index is 12.0. The molecule has 142 valence electrons. The number of hydrogen-bond donors (Lipinski definition) is 2. The van der Waals surface area contributed by atoms with Crippen LogP contribution in [0, 0.1) is 10.1 Å². The van der Waals surface area contributed by atoms with Crippen molar-refractivity contribution < 1.29 is 47.6 Å². The molecule has 0 atom stereocenters. The summed E-state index contributed by atoms with van der Waals surface area (Å²) in [5.74, 6) is -2.46. The third-order valence-electron chi connectivity index (χ3n) is 2.41. The fourth-order valence-corrected chi connectivity index (χ4v) is 4.02. The second-order valence-electron chi connectivity index (χ2n) is 4.42. The molecule has 1 rings (SSSR count). The van der Waals surface area contributed by atoms with Gasteiger partial charge in [0.15, 0.2) is 9.84 Å². The highest BCUT2D eigenvalue weighted by Gasteiger charge is 2.30. The molecule has 0 aliphatic carbocycles. The molecule has 0 fully saturated rings. The van der Waals surface area contributed by atoms with E-state index in [1.165, 1.54) is 12.1 Å². The van der Waals surface area contributed by atoms with Gasteiger partial charge >= 0.3 is 20.8 Å². The van der Waals surface area contributed by atoms with Crippen molar-refractivity contribution in [3.05, 3.63) is 39.9 Å². The van der Waals surface area contributed by atoms with Gasteiger partial charge in [0, 0.05) is 11.6 Å². The van der Waals surface area contributed by atoms with Crippen LogP contribution in [0.1, 0.15) is 5.56 Å². The van der Waals surface area contributed by atoms with Crippen molar-refractivity contribution in [2.45, 2.75) is 12.0 Å². The van der Waals surface area contributed by atoms with E-state index in [9.17, 15) is 35.4 Å². The molecule has 0 spiro atoms. The van der Waals surface area contributed by atoms with Gasteiger partial charge in [0.1, 0.15) is 5.75 Å². The maximum atomic E-state index is 12.0. The smallest absolute Gasteiger partial charge is 0.263 e. The number of hydrogen-bond acceptors (Lipinski definition) is 10. The fourth-order valence-electron chi connectivity index (χ4n) is 1.66. The molecule has 0 unspecified atom stereocenters. The van der Waals surface area contributed by atoms with Gasteiger partial charge in [0.2, 0.25) is 6.29 Å². The molecule has 1 aromatic rings. The Labute approximate surface area is 142 Å². The van der Waals surface area contributed by atoms with E-state index < -0.39 is 59.0 Å². The van der Waals surface area contributed by atoms with Crippen LogP contribution in [-0.4, -0.2) is 51.3 Å². The van der Waals surface area contributed by atoms with Crippen LogP contribution < -0.4 is 0 Å². The van der Waals surface area contributed by atoms with E-state index in [1.807, 2.05) is 0 Å². The number of para-hydroxylation sites is 1. The van der Waals surface area contributed by atoms with Crippen LogP contribution >= 0.6 is 0 Å². The van der Waals surface area contributed by atoms with Crippen molar-refractivity contribution in [3.8, 4) is 0 Å². The van der Waals surface area contributed by atoms with E-state index >= 15 is 0 Å². The van der Waals surface area contributed by atoms with Gasteiger partial charge in [-0.05, 0) is 0 Å². The van der Waals surface area contributed by atoms with Gasteiger partial charge in [-0.15, -0.1) is 0 Å². The maximum Gasteiger partial charge on any atom is 0.399 e. The molecule has 2 N–H and O–H groups in total. The van der Waals surface area contributed by atoms with E-state index in [-0.39, 0.29) is 5.56 Å². The van der Waals surface area contributed by atoms with Crippen molar-refractivity contribution in [3.63, 3.8) is 0 Å². The molecule has 0 aliphatic rings. The van der Waals surface area contributed by atoms with E-state index in [1.54, 1.807) is 0 Å². The molecule has 0 aliphatic heterocycles. The Balaban J connectivity index is 3.09. The molecular formula is C9H11NO12S3. The highest BCUT2D eigenvalue weighted by molar-refractivity contribution is 7.90. The average molecular weight is 421 g/mol. The molecule has 0 radical (unpaired) electrons. The highest BCUT2D eigenvalue weighted by atomic mass is 32.3. The Morgan fingerprint density at radius 3 is 1.92 bits per heavy atom. The quantitative estimate of drug-likeness (QED) is 0.223. The van der Waals surface area contributed by atoms with E-state index in [2.05, 4.69) is 8.37 Å². The van der Waals surface area contributed by atoms with Crippen LogP contribution in [0.15, 0.2) is 24.3 Å². The molecule has 0 bridgehead atoms. The summed E-state index contributed by atoms with van der Waals surface area (Å²) in [7, 11) is -15.1. The average Bonchev–Trinajstić information content (AvgIpc) is 2.33.